The van der Waals surface area contributed by atoms with Gasteiger partial charge in [-0.15, -0.1) is 0 Å². The molecule has 1 aliphatic rings. The summed E-state index contributed by atoms with van der Waals surface area (Å²) in [4.78, 5) is 2.43. The second kappa shape index (κ2) is 10.2. The van der Waals surface area contributed by atoms with Crippen molar-refractivity contribution in [3.8, 4) is 11.5 Å². The molecule has 2 rings (SSSR count). The molecule has 0 amide bonds. The first-order chi connectivity index (χ1) is 10.4. The molecule has 0 saturated carbocycles. The summed E-state index contributed by atoms with van der Waals surface area (Å²) < 4.78 is 17.9. The van der Waals surface area contributed by atoms with Crippen molar-refractivity contribution in [1.82, 2.24) is 4.90 Å². The van der Waals surface area contributed by atoms with E-state index in [0.29, 0.717) is 0 Å². The van der Waals surface area contributed by atoms with E-state index < -0.39 is 0 Å². The highest BCUT2D eigenvalue weighted by molar-refractivity contribution is 14.1. The Morgan fingerprint density at radius 2 is 1.52 bits per heavy atom. The second-order valence-corrected chi connectivity index (χ2v) is 6.10. The average molecular weight is 405 g/mol. The largest absolute Gasteiger partial charge is 0.494 e. The van der Waals surface area contributed by atoms with Gasteiger partial charge in [0.25, 0.3) is 0 Å². The molecule has 0 radical (unpaired) electrons. The number of benzene rings is 1. The molecule has 0 atom stereocenters. The lowest BCUT2D eigenvalue weighted by atomic mass is 10.3. The predicted molar refractivity (Wildman–Crippen MR) is 92.8 cm³/mol. The number of nitrogens with zero attached hydrogens (tertiary/aromatic N) is 1. The van der Waals surface area contributed by atoms with Crippen molar-refractivity contribution in [3.05, 3.63) is 24.3 Å². The van der Waals surface area contributed by atoms with E-state index in [4.69, 9.17) is 14.2 Å². The Bertz CT molecular complexity index is 380. The van der Waals surface area contributed by atoms with E-state index in [9.17, 15) is 0 Å². The lowest BCUT2D eigenvalue weighted by Gasteiger charge is -2.26. The summed E-state index contributed by atoms with van der Waals surface area (Å²) >= 11 is 2.36. The smallest absolute Gasteiger partial charge is 0.119 e. The fourth-order valence-electron chi connectivity index (χ4n) is 2.18. The summed E-state index contributed by atoms with van der Waals surface area (Å²) in [6.45, 7) is 6.43. The number of halogens is 1. The van der Waals surface area contributed by atoms with E-state index in [1.807, 2.05) is 24.3 Å². The first kappa shape index (κ1) is 16.8. The van der Waals surface area contributed by atoms with E-state index in [1.54, 1.807) is 0 Å². The molecule has 21 heavy (non-hydrogen) atoms. The molecule has 1 aromatic carbocycles. The Labute approximate surface area is 140 Å². The molecule has 1 aliphatic heterocycles. The molecule has 0 N–H and O–H groups in total. The summed E-state index contributed by atoms with van der Waals surface area (Å²) in [5.41, 5.74) is 0. The molecule has 0 spiro atoms. The zero-order valence-corrected chi connectivity index (χ0v) is 14.6. The maximum absolute atomic E-state index is 5.76. The van der Waals surface area contributed by atoms with Crippen LogP contribution in [0.2, 0.25) is 0 Å². The van der Waals surface area contributed by atoms with Gasteiger partial charge in [-0.05, 0) is 37.1 Å². The van der Waals surface area contributed by atoms with Crippen LogP contribution in [0.3, 0.4) is 0 Å². The van der Waals surface area contributed by atoms with E-state index >= 15 is 0 Å². The first-order valence-corrected chi connectivity index (χ1v) is 9.13. The standard InChI is InChI=1S/C16H24INO3/c17-7-1-11-20-15-3-5-16(6-4-15)21-12-2-8-18-9-13-19-14-10-18/h3-6H,1-2,7-14H2. The number of hydrogen-bond acceptors (Lipinski definition) is 4. The third-order valence-corrected chi connectivity index (χ3v) is 4.12. The van der Waals surface area contributed by atoms with Crippen LogP contribution in [0.1, 0.15) is 12.8 Å². The average Bonchev–Trinajstić information content (AvgIpc) is 2.54. The van der Waals surface area contributed by atoms with Crippen LogP contribution in [0.4, 0.5) is 0 Å². The minimum atomic E-state index is 0.756. The van der Waals surface area contributed by atoms with Gasteiger partial charge in [-0.1, -0.05) is 22.6 Å². The number of morpholine rings is 1. The minimum absolute atomic E-state index is 0.756. The van der Waals surface area contributed by atoms with Crippen LogP contribution in [-0.2, 0) is 4.74 Å². The lowest BCUT2D eigenvalue weighted by Crippen LogP contribution is -2.37. The number of alkyl halides is 1. The second-order valence-electron chi connectivity index (χ2n) is 5.02. The normalized spacial score (nSPS) is 15.9. The molecule has 1 fully saturated rings. The highest BCUT2D eigenvalue weighted by atomic mass is 127. The predicted octanol–water partition coefficient (Wildman–Crippen LogP) is 2.99. The van der Waals surface area contributed by atoms with Crippen molar-refractivity contribution in [2.75, 3.05) is 50.5 Å². The van der Waals surface area contributed by atoms with Crippen LogP contribution in [0.5, 0.6) is 11.5 Å². The molecule has 0 aromatic heterocycles. The van der Waals surface area contributed by atoms with Gasteiger partial charge in [0.15, 0.2) is 0 Å². The maximum atomic E-state index is 5.76. The Morgan fingerprint density at radius 3 is 2.10 bits per heavy atom. The molecule has 0 aliphatic carbocycles. The Hall–Kier alpha value is -0.530. The van der Waals surface area contributed by atoms with Crippen LogP contribution in [0, 0.1) is 0 Å². The summed E-state index contributed by atoms with van der Waals surface area (Å²) in [5, 5.41) is 0. The number of rotatable bonds is 9. The summed E-state index contributed by atoms with van der Waals surface area (Å²) in [7, 11) is 0. The number of ether oxygens (including phenoxy) is 3. The molecular weight excluding hydrogens is 381 g/mol. The van der Waals surface area contributed by atoms with Crippen molar-refractivity contribution in [3.63, 3.8) is 0 Å². The van der Waals surface area contributed by atoms with Gasteiger partial charge in [0.1, 0.15) is 11.5 Å². The molecule has 1 saturated heterocycles. The Kier molecular flexibility index (Phi) is 8.21. The SMILES string of the molecule is ICCCOc1ccc(OCCCN2CCOCC2)cc1. The van der Waals surface area contributed by atoms with E-state index in [2.05, 4.69) is 27.5 Å². The van der Waals surface area contributed by atoms with Gasteiger partial charge >= 0.3 is 0 Å². The molecule has 1 heterocycles. The van der Waals surface area contributed by atoms with Gasteiger partial charge in [0.2, 0.25) is 0 Å². The van der Waals surface area contributed by atoms with Crippen LogP contribution in [0.15, 0.2) is 24.3 Å². The maximum Gasteiger partial charge on any atom is 0.119 e. The summed E-state index contributed by atoms with van der Waals surface area (Å²) in [6.07, 6.45) is 2.13. The molecular formula is C16H24INO3. The van der Waals surface area contributed by atoms with Crippen LogP contribution >= 0.6 is 22.6 Å². The van der Waals surface area contributed by atoms with Gasteiger partial charge in [0.05, 0.1) is 26.4 Å². The minimum Gasteiger partial charge on any atom is -0.494 e. The molecule has 0 bridgehead atoms. The Balaban J connectivity index is 1.59. The molecule has 0 unspecified atom stereocenters. The van der Waals surface area contributed by atoms with Crippen LogP contribution in [0.25, 0.3) is 0 Å². The van der Waals surface area contributed by atoms with Gasteiger partial charge in [-0.2, -0.15) is 0 Å². The van der Waals surface area contributed by atoms with E-state index in [-0.39, 0.29) is 0 Å². The van der Waals surface area contributed by atoms with Gasteiger partial charge < -0.3 is 14.2 Å². The van der Waals surface area contributed by atoms with Crippen molar-refractivity contribution >= 4 is 22.6 Å². The van der Waals surface area contributed by atoms with Crippen LogP contribution < -0.4 is 9.47 Å². The molecule has 4 nitrogen and oxygen atoms in total. The quantitative estimate of drug-likeness (QED) is 0.359. The van der Waals surface area contributed by atoms with Crippen molar-refractivity contribution < 1.29 is 14.2 Å². The number of hydrogen-bond donors (Lipinski definition) is 0. The van der Waals surface area contributed by atoms with Crippen molar-refractivity contribution in [2.45, 2.75) is 12.8 Å². The topological polar surface area (TPSA) is 30.9 Å². The lowest BCUT2D eigenvalue weighted by molar-refractivity contribution is 0.0358. The molecule has 5 heteroatoms. The zero-order valence-electron chi connectivity index (χ0n) is 12.4. The van der Waals surface area contributed by atoms with Crippen LogP contribution in [-0.4, -0.2) is 55.4 Å². The zero-order chi connectivity index (χ0) is 14.8. The fourth-order valence-corrected chi connectivity index (χ4v) is 2.49. The van der Waals surface area contributed by atoms with Crippen molar-refractivity contribution in [1.29, 1.82) is 0 Å². The first-order valence-electron chi connectivity index (χ1n) is 7.60. The highest BCUT2D eigenvalue weighted by Crippen LogP contribution is 2.18. The summed E-state index contributed by atoms with van der Waals surface area (Å²) in [6, 6.07) is 7.91. The highest BCUT2D eigenvalue weighted by Gasteiger charge is 2.09. The van der Waals surface area contributed by atoms with Gasteiger partial charge in [0, 0.05) is 24.1 Å². The third-order valence-electron chi connectivity index (χ3n) is 3.36. The fraction of sp³-hybridized carbons (Fsp3) is 0.625. The Morgan fingerprint density at radius 1 is 0.952 bits per heavy atom. The van der Waals surface area contributed by atoms with E-state index in [1.165, 1.54) is 0 Å². The summed E-state index contributed by atoms with van der Waals surface area (Å²) in [5.74, 6) is 1.83. The van der Waals surface area contributed by atoms with Gasteiger partial charge in [-0.25, -0.2) is 0 Å². The van der Waals surface area contributed by atoms with E-state index in [0.717, 1.165) is 74.8 Å². The van der Waals surface area contributed by atoms with Crippen molar-refractivity contribution in [2.24, 2.45) is 0 Å². The monoisotopic (exact) mass is 405 g/mol. The third kappa shape index (κ3) is 6.84. The van der Waals surface area contributed by atoms with Gasteiger partial charge in [-0.3, -0.25) is 4.90 Å². The molecule has 1 aromatic rings. The molecule has 118 valence electrons.